The van der Waals surface area contributed by atoms with Crippen LogP contribution in [0.4, 0.5) is 0 Å². The zero-order valence-electron chi connectivity index (χ0n) is 15.6. The van der Waals surface area contributed by atoms with Gasteiger partial charge in [0.15, 0.2) is 5.78 Å². The second-order valence-corrected chi connectivity index (χ2v) is 6.35. The van der Waals surface area contributed by atoms with Crippen molar-refractivity contribution in [3.8, 4) is 5.69 Å². The number of ketones is 1. The lowest BCUT2D eigenvalue weighted by Gasteiger charge is -2.19. The highest BCUT2D eigenvalue weighted by atomic mass is 16.5. The number of benzene rings is 1. The molecular weight excluding hydrogens is 330 g/mol. The standard InChI is InChI=1S/C20H23N3O3/c1-5-26-19(25)12-18(24)15-6-8-16(9-7-15)23-14(3)21-20-13(2)22(4)11-10-17(20)23/h6-10H,5,11-12H2,1-4H3. The number of esters is 1. The summed E-state index contributed by atoms with van der Waals surface area (Å²) in [5.41, 5.74) is 2.59. The van der Waals surface area contributed by atoms with Crippen LogP contribution >= 0.6 is 0 Å². The van der Waals surface area contributed by atoms with Gasteiger partial charge in [-0.1, -0.05) is 0 Å². The van der Waals surface area contributed by atoms with Gasteiger partial charge in [-0.05, 0) is 51.1 Å². The van der Waals surface area contributed by atoms with E-state index in [2.05, 4.69) is 22.5 Å². The van der Waals surface area contributed by atoms with Crippen LogP contribution in [0.25, 0.3) is 17.5 Å². The summed E-state index contributed by atoms with van der Waals surface area (Å²) < 4.78 is 6.92. The monoisotopic (exact) mass is 353 g/mol. The lowest BCUT2D eigenvalue weighted by atomic mass is 10.1. The highest BCUT2D eigenvalue weighted by Crippen LogP contribution is 2.12. The van der Waals surface area contributed by atoms with Crippen molar-refractivity contribution < 1.29 is 14.3 Å². The fourth-order valence-electron chi connectivity index (χ4n) is 3.11. The molecule has 0 spiro atoms. The first-order valence-electron chi connectivity index (χ1n) is 8.69. The molecule has 6 nitrogen and oxygen atoms in total. The average molecular weight is 353 g/mol. The quantitative estimate of drug-likeness (QED) is 0.459. The predicted octanol–water partition coefficient (Wildman–Crippen LogP) is 1.17. The Balaban J connectivity index is 1.93. The molecule has 6 heteroatoms. The third kappa shape index (κ3) is 3.27. The third-order valence-corrected chi connectivity index (χ3v) is 4.61. The Morgan fingerprint density at radius 2 is 1.88 bits per heavy atom. The van der Waals surface area contributed by atoms with E-state index in [0.29, 0.717) is 5.56 Å². The Hall–Kier alpha value is -2.89. The Labute approximate surface area is 152 Å². The van der Waals surface area contributed by atoms with Crippen LogP contribution in [0, 0.1) is 6.92 Å². The number of rotatable bonds is 5. The van der Waals surface area contributed by atoms with Gasteiger partial charge in [-0.3, -0.25) is 14.2 Å². The molecule has 136 valence electrons. The second kappa shape index (κ2) is 7.15. The molecule has 0 radical (unpaired) electrons. The highest BCUT2D eigenvalue weighted by Gasteiger charge is 2.15. The molecule has 1 aliphatic rings. The summed E-state index contributed by atoms with van der Waals surface area (Å²) in [7, 11) is 2.05. The number of hydrogen-bond donors (Lipinski definition) is 0. The van der Waals surface area contributed by atoms with Crippen LogP contribution in [0.3, 0.4) is 0 Å². The summed E-state index contributed by atoms with van der Waals surface area (Å²) >= 11 is 0. The molecule has 0 bridgehead atoms. The van der Waals surface area contributed by atoms with Crippen LogP contribution in [0.2, 0.25) is 0 Å². The summed E-state index contributed by atoms with van der Waals surface area (Å²) in [6, 6.07) is 7.26. The minimum atomic E-state index is -0.495. The van der Waals surface area contributed by atoms with Gasteiger partial charge in [0, 0.05) is 30.5 Å². The van der Waals surface area contributed by atoms with Crippen molar-refractivity contribution in [3.63, 3.8) is 0 Å². The van der Waals surface area contributed by atoms with Gasteiger partial charge in [-0.25, -0.2) is 4.98 Å². The van der Waals surface area contributed by atoms with Crippen LogP contribution in [0.5, 0.6) is 0 Å². The molecule has 2 aromatic rings. The first kappa shape index (κ1) is 17.9. The number of hydrogen-bond acceptors (Lipinski definition) is 5. The van der Waals surface area contributed by atoms with Crippen LogP contribution in [0.1, 0.15) is 36.5 Å². The molecule has 26 heavy (non-hydrogen) atoms. The largest absolute Gasteiger partial charge is 0.466 e. The van der Waals surface area contributed by atoms with Crippen molar-refractivity contribution in [2.45, 2.75) is 27.2 Å². The third-order valence-electron chi connectivity index (χ3n) is 4.61. The zero-order valence-corrected chi connectivity index (χ0v) is 15.6. The van der Waals surface area contributed by atoms with Crippen molar-refractivity contribution in [1.29, 1.82) is 0 Å². The molecule has 0 saturated heterocycles. The maximum atomic E-state index is 12.2. The fourth-order valence-corrected chi connectivity index (χ4v) is 3.11. The molecule has 2 heterocycles. The first-order valence-corrected chi connectivity index (χ1v) is 8.69. The topological polar surface area (TPSA) is 64.4 Å². The lowest BCUT2D eigenvalue weighted by Crippen LogP contribution is -2.40. The summed E-state index contributed by atoms with van der Waals surface area (Å²) in [6.45, 7) is 6.87. The molecule has 0 amide bonds. The number of carbonyl (C=O) groups is 2. The number of nitrogens with zero attached hydrogens (tertiary/aromatic N) is 3. The van der Waals surface area contributed by atoms with E-state index in [1.165, 1.54) is 0 Å². The maximum absolute atomic E-state index is 12.2. The molecule has 0 aliphatic carbocycles. The van der Waals surface area contributed by atoms with E-state index in [1.54, 1.807) is 19.1 Å². The Morgan fingerprint density at radius 1 is 1.19 bits per heavy atom. The van der Waals surface area contributed by atoms with E-state index >= 15 is 0 Å². The number of fused-ring (bicyclic) bond motifs is 1. The minimum absolute atomic E-state index is 0.235. The van der Waals surface area contributed by atoms with Gasteiger partial charge in [-0.2, -0.15) is 0 Å². The highest BCUT2D eigenvalue weighted by molar-refractivity contribution is 6.06. The summed E-state index contributed by atoms with van der Waals surface area (Å²) in [6.07, 6.45) is 1.92. The molecule has 0 fully saturated rings. The summed E-state index contributed by atoms with van der Waals surface area (Å²) in [5, 5.41) is 2.06. The number of aryl methyl sites for hydroxylation is 1. The molecule has 0 N–H and O–H groups in total. The SMILES string of the molecule is CCOC(=O)CC(=O)c1ccc(-n2c(C)nc3c2=CCN(C)C=3C)cc1. The van der Waals surface area contributed by atoms with Crippen molar-refractivity contribution in [2.24, 2.45) is 0 Å². The summed E-state index contributed by atoms with van der Waals surface area (Å²) in [5.74, 6) is 0.161. The van der Waals surface area contributed by atoms with Gasteiger partial charge in [0.05, 0.1) is 12.0 Å². The number of imidazole rings is 1. The van der Waals surface area contributed by atoms with E-state index in [9.17, 15) is 9.59 Å². The van der Waals surface area contributed by atoms with E-state index in [-0.39, 0.29) is 18.8 Å². The Morgan fingerprint density at radius 3 is 2.54 bits per heavy atom. The van der Waals surface area contributed by atoms with E-state index in [1.807, 2.05) is 26.1 Å². The predicted molar refractivity (Wildman–Crippen MR) is 99.3 cm³/mol. The molecule has 1 aromatic heterocycles. The van der Waals surface area contributed by atoms with Crippen molar-refractivity contribution in [2.75, 3.05) is 20.2 Å². The van der Waals surface area contributed by atoms with Gasteiger partial charge in [0.2, 0.25) is 0 Å². The molecular formula is C20H23N3O3. The molecule has 1 aromatic carbocycles. The number of Topliss-reactive ketones (excluding diaryl/α,β-unsaturated/α-hetero) is 1. The van der Waals surface area contributed by atoms with Crippen LogP contribution in [-0.2, 0) is 9.53 Å². The molecule has 1 aliphatic heterocycles. The number of ether oxygens (including phenoxy) is 1. The summed E-state index contributed by atoms with van der Waals surface area (Å²) in [4.78, 5) is 30.5. The fraction of sp³-hybridized carbons (Fsp3) is 0.350. The number of aromatic nitrogens is 2. The first-order chi connectivity index (χ1) is 12.4. The van der Waals surface area contributed by atoms with E-state index in [4.69, 9.17) is 9.72 Å². The lowest BCUT2D eigenvalue weighted by molar-refractivity contribution is -0.141. The van der Waals surface area contributed by atoms with Crippen molar-refractivity contribution in [3.05, 3.63) is 46.4 Å². The van der Waals surface area contributed by atoms with Gasteiger partial charge in [-0.15, -0.1) is 0 Å². The Bertz CT molecular complexity index is 971. The second-order valence-electron chi connectivity index (χ2n) is 6.35. The molecule has 3 rings (SSSR count). The van der Waals surface area contributed by atoms with Crippen molar-refractivity contribution in [1.82, 2.24) is 14.5 Å². The number of carbonyl (C=O) groups excluding carboxylic acids is 2. The average Bonchev–Trinajstić information content (AvgIpc) is 2.95. The van der Waals surface area contributed by atoms with Crippen LogP contribution in [0.15, 0.2) is 24.3 Å². The molecule has 0 unspecified atom stereocenters. The van der Waals surface area contributed by atoms with Gasteiger partial charge in [0.25, 0.3) is 0 Å². The van der Waals surface area contributed by atoms with E-state index in [0.717, 1.165) is 34.5 Å². The van der Waals surface area contributed by atoms with Crippen LogP contribution < -0.4 is 10.7 Å². The normalized spacial score (nSPS) is 13.2. The molecule has 0 saturated carbocycles. The minimum Gasteiger partial charge on any atom is -0.466 e. The van der Waals surface area contributed by atoms with E-state index < -0.39 is 5.97 Å². The van der Waals surface area contributed by atoms with Gasteiger partial charge < -0.3 is 9.64 Å². The van der Waals surface area contributed by atoms with Gasteiger partial charge in [0.1, 0.15) is 17.6 Å². The van der Waals surface area contributed by atoms with Crippen molar-refractivity contribution >= 4 is 23.5 Å². The molecule has 0 atom stereocenters. The maximum Gasteiger partial charge on any atom is 0.313 e. The Kier molecular flexibility index (Phi) is 4.93. The zero-order chi connectivity index (χ0) is 18.8. The van der Waals surface area contributed by atoms with Crippen LogP contribution in [-0.4, -0.2) is 46.4 Å². The van der Waals surface area contributed by atoms with Gasteiger partial charge >= 0.3 is 5.97 Å². The smallest absolute Gasteiger partial charge is 0.313 e.